The zero-order chi connectivity index (χ0) is 20.2. The normalized spacial score (nSPS) is 11.4. The monoisotopic (exact) mass is 392 g/mol. The number of rotatable bonds is 10. The maximum absolute atomic E-state index is 12.8. The van der Waals surface area contributed by atoms with Crippen molar-refractivity contribution in [2.75, 3.05) is 20.2 Å². The molecule has 6 nitrogen and oxygen atoms in total. The summed E-state index contributed by atoms with van der Waals surface area (Å²) in [6.07, 6.45) is 3.32. The topological polar surface area (TPSA) is 67.8 Å². The number of benzene rings is 1. The number of alkyl halides is 2. The van der Waals surface area contributed by atoms with E-state index in [0.29, 0.717) is 30.4 Å². The molecule has 2 rings (SSSR count). The molecule has 0 aliphatic rings. The van der Waals surface area contributed by atoms with Crippen molar-refractivity contribution >= 4 is 5.96 Å². The van der Waals surface area contributed by atoms with Crippen LogP contribution < -0.4 is 20.1 Å². The molecule has 0 aliphatic heterocycles. The highest BCUT2D eigenvalue weighted by atomic mass is 19.3. The van der Waals surface area contributed by atoms with Crippen LogP contribution >= 0.6 is 0 Å². The van der Waals surface area contributed by atoms with Crippen LogP contribution in [0.2, 0.25) is 0 Å². The van der Waals surface area contributed by atoms with E-state index >= 15 is 0 Å². The molecule has 0 radical (unpaired) electrons. The van der Waals surface area contributed by atoms with Crippen LogP contribution in [0.3, 0.4) is 0 Å². The van der Waals surface area contributed by atoms with Crippen LogP contribution in [0.4, 0.5) is 8.78 Å². The molecule has 0 aliphatic carbocycles. The van der Waals surface area contributed by atoms with Crippen molar-refractivity contribution in [3.63, 3.8) is 0 Å². The van der Waals surface area contributed by atoms with Gasteiger partial charge in [-0.25, -0.2) is 0 Å². The smallest absolute Gasteiger partial charge is 0.387 e. The average molecular weight is 392 g/mol. The molecule has 0 saturated heterocycles. The molecule has 0 bridgehead atoms. The number of hydrogen-bond acceptors (Lipinski definition) is 4. The van der Waals surface area contributed by atoms with Crippen LogP contribution in [0.1, 0.15) is 24.6 Å². The lowest BCUT2D eigenvalue weighted by molar-refractivity contribution is -0.0505. The van der Waals surface area contributed by atoms with E-state index in [-0.39, 0.29) is 12.3 Å². The van der Waals surface area contributed by atoms with Gasteiger partial charge in [0, 0.05) is 50.1 Å². The first-order valence-electron chi connectivity index (χ1n) is 9.17. The molecule has 28 heavy (non-hydrogen) atoms. The summed E-state index contributed by atoms with van der Waals surface area (Å²) >= 11 is 0. The number of halogens is 2. The van der Waals surface area contributed by atoms with Gasteiger partial charge in [-0.3, -0.25) is 9.98 Å². The second-order valence-corrected chi connectivity index (χ2v) is 5.92. The first-order chi connectivity index (χ1) is 13.6. The summed E-state index contributed by atoms with van der Waals surface area (Å²) in [7, 11) is 1.65. The first-order valence-corrected chi connectivity index (χ1v) is 9.17. The van der Waals surface area contributed by atoms with Crippen LogP contribution in [-0.2, 0) is 13.0 Å². The fraction of sp³-hybridized carbons (Fsp3) is 0.400. The summed E-state index contributed by atoms with van der Waals surface area (Å²) in [6.45, 7) is 0.496. The summed E-state index contributed by atoms with van der Waals surface area (Å²) in [5, 5.41) is 6.27. The Morgan fingerprint density at radius 2 is 2.07 bits per heavy atom. The predicted molar refractivity (Wildman–Crippen MR) is 105 cm³/mol. The number of hydrogen-bond donors (Lipinski definition) is 2. The van der Waals surface area contributed by atoms with E-state index in [9.17, 15) is 8.78 Å². The van der Waals surface area contributed by atoms with Crippen LogP contribution in [-0.4, -0.2) is 37.8 Å². The van der Waals surface area contributed by atoms with Crippen LogP contribution in [0.15, 0.2) is 47.6 Å². The van der Waals surface area contributed by atoms with Crippen LogP contribution in [0.25, 0.3) is 0 Å². The van der Waals surface area contributed by atoms with Gasteiger partial charge in [0.05, 0.1) is 6.61 Å². The minimum Gasteiger partial charge on any atom is -0.493 e. The standard InChI is InChI=1S/C20H26F2N4O2/c1-3-12-27-17-8-7-15(18(13-17)28-19(21)22)14-26-20(23-2)25-11-9-16-6-4-5-10-24-16/h4-8,10,13,19H,3,9,11-12,14H2,1-2H3,(H2,23,25,26). The Labute approximate surface area is 164 Å². The van der Waals surface area contributed by atoms with Crippen LogP contribution in [0, 0.1) is 0 Å². The second-order valence-electron chi connectivity index (χ2n) is 5.92. The molecule has 0 amide bonds. The molecule has 1 heterocycles. The SMILES string of the molecule is CCCOc1ccc(CNC(=NC)NCCc2ccccn2)c(OC(F)F)c1. The molecule has 0 unspecified atom stereocenters. The Balaban J connectivity index is 1.92. The summed E-state index contributed by atoms with van der Waals surface area (Å²) < 4.78 is 35.6. The Morgan fingerprint density at radius 3 is 2.75 bits per heavy atom. The van der Waals surface area contributed by atoms with E-state index in [1.54, 1.807) is 25.4 Å². The molecule has 1 aromatic heterocycles. The molecular formula is C20H26F2N4O2. The third-order valence-electron chi connectivity index (χ3n) is 3.80. The van der Waals surface area contributed by atoms with Crippen molar-refractivity contribution < 1.29 is 18.3 Å². The van der Waals surface area contributed by atoms with Crippen molar-refractivity contribution in [3.8, 4) is 11.5 Å². The van der Waals surface area contributed by atoms with Gasteiger partial charge >= 0.3 is 6.61 Å². The van der Waals surface area contributed by atoms with Crippen LogP contribution in [0.5, 0.6) is 11.5 Å². The van der Waals surface area contributed by atoms with E-state index in [4.69, 9.17) is 4.74 Å². The van der Waals surface area contributed by atoms with Crippen molar-refractivity contribution in [1.29, 1.82) is 0 Å². The maximum Gasteiger partial charge on any atom is 0.387 e. The quantitative estimate of drug-likeness (QED) is 0.479. The lowest BCUT2D eigenvalue weighted by Gasteiger charge is -2.16. The molecule has 8 heteroatoms. The average Bonchev–Trinajstić information content (AvgIpc) is 2.70. The highest BCUT2D eigenvalue weighted by Gasteiger charge is 2.12. The van der Waals surface area contributed by atoms with Gasteiger partial charge in [-0.15, -0.1) is 0 Å². The molecule has 0 atom stereocenters. The number of nitrogens with zero attached hydrogens (tertiary/aromatic N) is 2. The summed E-state index contributed by atoms with van der Waals surface area (Å²) in [6, 6.07) is 10.7. The molecule has 0 saturated carbocycles. The van der Waals surface area contributed by atoms with Gasteiger partial charge in [0.25, 0.3) is 0 Å². The molecule has 0 spiro atoms. The Hall–Kier alpha value is -2.90. The highest BCUT2D eigenvalue weighted by Crippen LogP contribution is 2.26. The van der Waals surface area contributed by atoms with Gasteiger partial charge in [-0.1, -0.05) is 13.0 Å². The number of aromatic nitrogens is 1. The predicted octanol–water partition coefficient (Wildman–Crippen LogP) is 3.38. The largest absolute Gasteiger partial charge is 0.493 e. The number of aliphatic imine (C=N–C) groups is 1. The van der Waals surface area contributed by atoms with Gasteiger partial charge in [0.2, 0.25) is 0 Å². The number of guanidine groups is 1. The Bertz CT molecular complexity index is 742. The molecule has 2 aromatic rings. The van der Waals surface area contributed by atoms with E-state index in [2.05, 4.69) is 25.3 Å². The Kier molecular flexibility index (Phi) is 8.97. The van der Waals surface area contributed by atoms with Crippen molar-refractivity contribution in [2.24, 2.45) is 4.99 Å². The lowest BCUT2D eigenvalue weighted by Crippen LogP contribution is -2.38. The highest BCUT2D eigenvalue weighted by molar-refractivity contribution is 5.79. The van der Waals surface area contributed by atoms with Gasteiger partial charge in [0.1, 0.15) is 11.5 Å². The molecule has 2 N–H and O–H groups in total. The molecule has 0 fully saturated rings. The Morgan fingerprint density at radius 1 is 1.21 bits per heavy atom. The molecule has 1 aromatic carbocycles. The summed E-state index contributed by atoms with van der Waals surface area (Å²) in [5.74, 6) is 1.14. The van der Waals surface area contributed by atoms with E-state index < -0.39 is 6.61 Å². The van der Waals surface area contributed by atoms with E-state index in [1.807, 2.05) is 25.1 Å². The second kappa shape index (κ2) is 11.7. The maximum atomic E-state index is 12.8. The zero-order valence-corrected chi connectivity index (χ0v) is 16.1. The van der Waals surface area contributed by atoms with Crippen molar-refractivity contribution in [1.82, 2.24) is 15.6 Å². The minimum atomic E-state index is -2.91. The molecule has 152 valence electrons. The third-order valence-corrected chi connectivity index (χ3v) is 3.80. The van der Waals surface area contributed by atoms with Gasteiger partial charge in [0.15, 0.2) is 5.96 Å². The van der Waals surface area contributed by atoms with E-state index in [1.165, 1.54) is 6.07 Å². The lowest BCUT2D eigenvalue weighted by atomic mass is 10.2. The minimum absolute atomic E-state index is 0.0834. The van der Waals surface area contributed by atoms with Crippen molar-refractivity contribution in [3.05, 3.63) is 53.9 Å². The summed E-state index contributed by atoms with van der Waals surface area (Å²) in [4.78, 5) is 8.41. The first kappa shape index (κ1) is 21.4. The van der Waals surface area contributed by atoms with Gasteiger partial charge < -0.3 is 20.1 Å². The fourth-order valence-electron chi connectivity index (χ4n) is 2.45. The number of pyridine rings is 1. The van der Waals surface area contributed by atoms with Gasteiger partial charge in [-0.2, -0.15) is 8.78 Å². The fourth-order valence-corrected chi connectivity index (χ4v) is 2.45. The van der Waals surface area contributed by atoms with Crippen molar-refractivity contribution in [2.45, 2.75) is 32.9 Å². The van der Waals surface area contributed by atoms with Gasteiger partial charge in [-0.05, 0) is 30.7 Å². The molecular weight excluding hydrogens is 366 g/mol. The third kappa shape index (κ3) is 7.38. The number of ether oxygens (including phenoxy) is 2. The van der Waals surface area contributed by atoms with E-state index in [0.717, 1.165) is 18.5 Å². The number of nitrogens with one attached hydrogen (secondary N) is 2. The zero-order valence-electron chi connectivity index (χ0n) is 16.1. The summed E-state index contributed by atoms with van der Waals surface area (Å²) in [5.41, 5.74) is 1.55.